The van der Waals surface area contributed by atoms with Gasteiger partial charge < -0.3 is 9.47 Å². The van der Waals surface area contributed by atoms with Gasteiger partial charge in [0, 0.05) is 45.0 Å². The molecular formula is C13H23N3O3. The highest BCUT2D eigenvalue weighted by molar-refractivity contribution is 5.69. The zero-order chi connectivity index (χ0) is 14.1. The molecule has 0 N–H and O–H groups in total. The van der Waals surface area contributed by atoms with Crippen molar-refractivity contribution in [3.05, 3.63) is 18.0 Å². The summed E-state index contributed by atoms with van der Waals surface area (Å²) >= 11 is 0. The highest BCUT2D eigenvalue weighted by Gasteiger charge is 2.10. The molecule has 0 fully saturated rings. The molecule has 0 atom stereocenters. The topological polar surface area (TPSA) is 56.6 Å². The van der Waals surface area contributed by atoms with E-state index >= 15 is 0 Å². The molecule has 0 aromatic carbocycles. The molecule has 0 saturated carbocycles. The highest BCUT2D eigenvalue weighted by atomic mass is 16.5. The first kappa shape index (κ1) is 15.7. The molecule has 0 amide bonds. The number of aromatic nitrogens is 2. The molecule has 1 rings (SSSR count). The van der Waals surface area contributed by atoms with Gasteiger partial charge in [0.05, 0.1) is 26.3 Å². The molecule has 0 radical (unpaired) electrons. The van der Waals surface area contributed by atoms with Crippen LogP contribution in [0.25, 0.3) is 0 Å². The summed E-state index contributed by atoms with van der Waals surface area (Å²) in [7, 11) is 3.08. The Hall–Kier alpha value is -1.40. The van der Waals surface area contributed by atoms with E-state index in [9.17, 15) is 4.79 Å². The Labute approximate surface area is 114 Å². The predicted octanol–water partition coefficient (Wildman–Crippen LogP) is 0.914. The van der Waals surface area contributed by atoms with Crippen LogP contribution in [0.15, 0.2) is 12.4 Å². The summed E-state index contributed by atoms with van der Waals surface area (Å²) in [6.07, 6.45) is 4.28. The molecule has 0 aliphatic rings. The molecule has 0 unspecified atom stereocenters. The number of hydrogen-bond donors (Lipinski definition) is 0. The Morgan fingerprint density at radius 2 is 2.21 bits per heavy atom. The van der Waals surface area contributed by atoms with Crippen molar-refractivity contribution in [1.29, 1.82) is 0 Å². The van der Waals surface area contributed by atoms with Gasteiger partial charge in [-0.15, -0.1) is 0 Å². The zero-order valence-corrected chi connectivity index (χ0v) is 12.0. The molecule has 0 aliphatic heterocycles. The average molecular weight is 269 g/mol. The molecule has 6 nitrogen and oxygen atoms in total. The fourth-order valence-electron chi connectivity index (χ4n) is 1.76. The lowest BCUT2D eigenvalue weighted by Gasteiger charge is -2.20. The lowest BCUT2D eigenvalue weighted by Crippen LogP contribution is -2.29. The van der Waals surface area contributed by atoms with E-state index in [1.54, 1.807) is 7.11 Å². The predicted molar refractivity (Wildman–Crippen MR) is 71.7 cm³/mol. The van der Waals surface area contributed by atoms with Crippen LogP contribution in [0.1, 0.15) is 18.9 Å². The van der Waals surface area contributed by atoms with Gasteiger partial charge in [-0.3, -0.25) is 14.4 Å². The first-order valence-corrected chi connectivity index (χ1v) is 6.49. The number of aryl methyl sites for hydroxylation is 1. The van der Waals surface area contributed by atoms with Crippen molar-refractivity contribution in [3.8, 4) is 0 Å². The van der Waals surface area contributed by atoms with Crippen LogP contribution in [0.3, 0.4) is 0 Å². The van der Waals surface area contributed by atoms with Gasteiger partial charge in [0.2, 0.25) is 0 Å². The van der Waals surface area contributed by atoms with Crippen LogP contribution in [0, 0.1) is 0 Å². The second-order valence-electron chi connectivity index (χ2n) is 4.30. The maximum absolute atomic E-state index is 11.2. The van der Waals surface area contributed by atoms with Crippen molar-refractivity contribution >= 4 is 5.97 Å². The van der Waals surface area contributed by atoms with Crippen LogP contribution in [-0.2, 0) is 27.4 Å². The Kier molecular flexibility index (Phi) is 7.14. The molecule has 0 aliphatic carbocycles. The Morgan fingerprint density at radius 3 is 2.79 bits per heavy atom. The number of carbonyl (C=O) groups excluding carboxylic acids is 1. The van der Waals surface area contributed by atoms with Crippen molar-refractivity contribution < 1.29 is 14.3 Å². The fourth-order valence-corrected chi connectivity index (χ4v) is 1.76. The summed E-state index contributed by atoms with van der Waals surface area (Å²) in [6.45, 7) is 5.76. The van der Waals surface area contributed by atoms with E-state index in [1.807, 2.05) is 17.1 Å². The minimum atomic E-state index is -0.188. The largest absolute Gasteiger partial charge is 0.469 e. The van der Waals surface area contributed by atoms with Crippen molar-refractivity contribution in [3.63, 3.8) is 0 Å². The normalized spacial score (nSPS) is 10.9. The number of carbonyl (C=O) groups is 1. The first-order chi connectivity index (χ1) is 9.19. The first-order valence-electron chi connectivity index (χ1n) is 6.49. The van der Waals surface area contributed by atoms with Crippen LogP contribution < -0.4 is 0 Å². The third-order valence-electron chi connectivity index (χ3n) is 2.89. The molecular weight excluding hydrogens is 246 g/mol. The second kappa shape index (κ2) is 8.66. The minimum absolute atomic E-state index is 0.188. The van der Waals surface area contributed by atoms with E-state index in [1.165, 1.54) is 7.11 Å². The molecule has 0 saturated heterocycles. The van der Waals surface area contributed by atoms with E-state index in [-0.39, 0.29) is 5.97 Å². The molecule has 0 bridgehead atoms. The Balaban J connectivity index is 2.50. The maximum Gasteiger partial charge on any atom is 0.306 e. The zero-order valence-electron chi connectivity index (χ0n) is 12.0. The van der Waals surface area contributed by atoms with Crippen molar-refractivity contribution in [1.82, 2.24) is 14.7 Å². The van der Waals surface area contributed by atoms with Gasteiger partial charge in [0.15, 0.2) is 0 Å². The van der Waals surface area contributed by atoms with Crippen LogP contribution in [-0.4, -0.2) is 54.6 Å². The third-order valence-corrected chi connectivity index (χ3v) is 2.89. The molecule has 19 heavy (non-hydrogen) atoms. The quantitative estimate of drug-likeness (QED) is 0.624. The molecule has 0 spiro atoms. The molecule has 1 heterocycles. The monoisotopic (exact) mass is 269 g/mol. The highest BCUT2D eigenvalue weighted by Crippen LogP contribution is 2.05. The summed E-state index contributed by atoms with van der Waals surface area (Å²) in [5.74, 6) is -0.188. The van der Waals surface area contributed by atoms with Crippen LogP contribution in [0.4, 0.5) is 0 Å². The summed E-state index contributed by atoms with van der Waals surface area (Å²) in [5, 5.41) is 4.25. The number of esters is 1. The number of methoxy groups -OCH3 is 2. The van der Waals surface area contributed by atoms with Gasteiger partial charge in [-0.05, 0) is 6.92 Å². The maximum atomic E-state index is 11.2. The lowest BCUT2D eigenvalue weighted by atomic mass is 10.3. The van der Waals surface area contributed by atoms with Crippen LogP contribution in [0.5, 0.6) is 0 Å². The summed E-state index contributed by atoms with van der Waals surface area (Å²) in [5.41, 5.74) is 1.14. The van der Waals surface area contributed by atoms with Gasteiger partial charge in [-0.2, -0.15) is 5.10 Å². The van der Waals surface area contributed by atoms with E-state index in [0.29, 0.717) is 19.6 Å². The molecule has 6 heteroatoms. The van der Waals surface area contributed by atoms with Gasteiger partial charge in [0.1, 0.15) is 0 Å². The number of rotatable bonds is 9. The summed E-state index contributed by atoms with van der Waals surface area (Å²) in [6, 6.07) is 0. The van der Waals surface area contributed by atoms with E-state index in [4.69, 9.17) is 4.74 Å². The van der Waals surface area contributed by atoms with Crippen LogP contribution in [0.2, 0.25) is 0 Å². The molecule has 108 valence electrons. The fraction of sp³-hybridized carbons (Fsp3) is 0.692. The van der Waals surface area contributed by atoms with Gasteiger partial charge >= 0.3 is 5.97 Å². The summed E-state index contributed by atoms with van der Waals surface area (Å²) < 4.78 is 11.6. The van der Waals surface area contributed by atoms with Crippen LogP contribution >= 0.6 is 0 Å². The lowest BCUT2D eigenvalue weighted by molar-refractivity contribution is -0.141. The second-order valence-corrected chi connectivity index (χ2v) is 4.30. The number of nitrogens with zero attached hydrogens (tertiary/aromatic N) is 3. The summed E-state index contributed by atoms with van der Waals surface area (Å²) in [4.78, 5) is 13.4. The van der Waals surface area contributed by atoms with Gasteiger partial charge in [-0.1, -0.05) is 0 Å². The van der Waals surface area contributed by atoms with E-state index < -0.39 is 0 Å². The van der Waals surface area contributed by atoms with E-state index in [2.05, 4.69) is 21.7 Å². The van der Waals surface area contributed by atoms with Crippen molar-refractivity contribution in [2.45, 2.75) is 26.4 Å². The SMILES string of the molecule is CCn1cc(CN(CCOC)CCC(=O)OC)cn1. The van der Waals surface area contributed by atoms with Crippen molar-refractivity contribution in [2.24, 2.45) is 0 Å². The number of hydrogen-bond acceptors (Lipinski definition) is 5. The van der Waals surface area contributed by atoms with Gasteiger partial charge in [0.25, 0.3) is 0 Å². The number of ether oxygens (including phenoxy) is 2. The standard InChI is InChI=1S/C13H23N3O3/c1-4-16-11-12(9-14-16)10-15(7-8-18-2)6-5-13(17)19-3/h9,11H,4-8,10H2,1-3H3. The van der Waals surface area contributed by atoms with Gasteiger partial charge in [-0.25, -0.2) is 0 Å². The third kappa shape index (κ3) is 5.85. The Bertz CT molecular complexity index is 379. The average Bonchev–Trinajstić information content (AvgIpc) is 2.89. The molecule has 1 aromatic heterocycles. The Morgan fingerprint density at radius 1 is 1.42 bits per heavy atom. The minimum Gasteiger partial charge on any atom is -0.469 e. The van der Waals surface area contributed by atoms with E-state index in [0.717, 1.165) is 25.2 Å². The molecule has 1 aromatic rings. The smallest absolute Gasteiger partial charge is 0.306 e. The van der Waals surface area contributed by atoms with Crippen molar-refractivity contribution in [2.75, 3.05) is 33.9 Å².